The molecule has 0 radical (unpaired) electrons. The van der Waals surface area contributed by atoms with Gasteiger partial charge in [0.2, 0.25) is 10.0 Å². The van der Waals surface area contributed by atoms with Crippen LogP contribution < -0.4 is 9.46 Å². The predicted octanol–water partition coefficient (Wildman–Crippen LogP) is 1.86. The lowest BCUT2D eigenvalue weighted by atomic mass is 10.2. The van der Waals surface area contributed by atoms with Gasteiger partial charge in [-0.3, -0.25) is 4.90 Å². The molecule has 118 valence electrons. The van der Waals surface area contributed by atoms with Crippen LogP contribution in [0, 0.1) is 0 Å². The maximum absolute atomic E-state index is 12.0. The Hall–Kier alpha value is -0.820. The van der Waals surface area contributed by atoms with Crippen molar-refractivity contribution in [3.63, 3.8) is 0 Å². The van der Waals surface area contributed by atoms with E-state index < -0.39 is 10.0 Å². The van der Waals surface area contributed by atoms with E-state index in [4.69, 9.17) is 16.3 Å². The third kappa shape index (κ3) is 3.88. The molecule has 1 aromatic rings. The van der Waals surface area contributed by atoms with Gasteiger partial charge in [0.05, 0.1) is 12.4 Å². The molecule has 0 saturated carbocycles. The molecule has 21 heavy (non-hydrogen) atoms. The first-order valence-electron chi connectivity index (χ1n) is 7.00. The Bertz CT molecular complexity index is 592. The van der Waals surface area contributed by atoms with Gasteiger partial charge in [-0.1, -0.05) is 24.6 Å². The highest BCUT2D eigenvalue weighted by atomic mass is 35.5. The predicted molar refractivity (Wildman–Crippen MR) is 84.3 cm³/mol. The van der Waals surface area contributed by atoms with Crippen LogP contribution in [0.1, 0.15) is 18.9 Å². The number of nitrogens with one attached hydrogen (secondary N) is 1. The summed E-state index contributed by atoms with van der Waals surface area (Å²) in [6, 6.07) is 5.53. The minimum atomic E-state index is -3.22. The molecular weight excluding hydrogens is 312 g/mol. The van der Waals surface area contributed by atoms with Gasteiger partial charge in [0, 0.05) is 30.2 Å². The molecule has 7 heteroatoms. The van der Waals surface area contributed by atoms with Crippen molar-refractivity contribution in [3.8, 4) is 5.75 Å². The van der Waals surface area contributed by atoms with Gasteiger partial charge >= 0.3 is 0 Å². The van der Waals surface area contributed by atoms with Crippen molar-refractivity contribution in [2.75, 3.05) is 26.7 Å². The maximum atomic E-state index is 12.0. The quantitative estimate of drug-likeness (QED) is 0.864. The van der Waals surface area contributed by atoms with E-state index in [0.717, 1.165) is 17.9 Å². The van der Waals surface area contributed by atoms with Crippen LogP contribution in [-0.4, -0.2) is 45.3 Å². The Morgan fingerprint density at radius 1 is 1.48 bits per heavy atom. The van der Waals surface area contributed by atoms with Crippen LogP contribution in [0.4, 0.5) is 0 Å². The number of benzene rings is 1. The molecule has 0 spiro atoms. The monoisotopic (exact) mass is 332 g/mol. The molecule has 1 atom stereocenters. The number of rotatable bonds is 6. The number of halogens is 1. The van der Waals surface area contributed by atoms with Crippen molar-refractivity contribution < 1.29 is 13.2 Å². The zero-order valence-corrected chi connectivity index (χ0v) is 13.9. The van der Waals surface area contributed by atoms with Gasteiger partial charge in [-0.25, -0.2) is 13.1 Å². The number of methoxy groups -OCH3 is 1. The lowest BCUT2D eigenvalue weighted by molar-refractivity contribution is 0.321. The number of nitrogens with zero attached hydrogens (tertiary/aromatic N) is 1. The second kappa shape index (κ2) is 6.96. The maximum Gasteiger partial charge on any atom is 0.215 e. The molecule has 0 aromatic heterocycles. The Labute approximate surface area is 131 Å². The lowest BCUT2D eigenvalue weighted by Gasteiger charge is -2.19. The molecule has 0 unspecified atom stereocenters. The van der Waals surface area contributed by atoms with Crippen LogP contribution in [0.15, 0.2) is 18.2 Å². The molecule has 1 N–H and O–H groups in total. The van der Waals surface area contributed by atoms with E-state index in [-0.39, 0.29) is 5.25 Å². The molecule has 0 amide bonds. The van der Waals surface area contributed by atoms with Crippen LogP contribution in [0.5, 0.6) is 5.75 Å². The molecule has 0 bridgehead atoms. The van der Waals surface area contributed by atoms with Crippen molar-refractivity contribution >= 4 is 21.6 Å². The Morgan fingerprint density at radius 2 is 2.24 bits per heavy atom. The highest BCUT2D eigenvalue weighted by molar-refractivity contribution is 7.90. The van der Waals surface area contributed by atoms with Gasteiger partial charge in [0.1, 0.15) is 5.75 Å². The summed E-state index contributed by atoms with van der Waals surface area (Å²) in [6.07, 6.45) is 0.641. The average molecular weight is 333 g/mol. The number of sulfonamides is 1. The third-order valence-corrected chi connectivity index (χ3v) is 6.00. The molecule has 1 aromatic carbocycles. The largest absolute Gasteiger partial charge is 0.496 e. The topological polar surface area (TPSA) is 58.6 Å². The SMILES string of the molecule is CCNS(=O)(=O)[C@H]1CCN(Cc2c(Cl)cccc2OC)C1. The van der Waals surface area contributed by atoms with Gasteiger partial charge in [-0.15, -0.1) is 0 Å². The van der Waals surface area contributed by atoms with Gasteiger partial charge in [0.15, 0.2) is 0 Å². The summed E-state index contributed by atoms with van der Waals surface area (Å²) in [6.45, 7) is 4.07. The minimum Gasteiger partial charge on any atom is -0.496 e. The number of hydrogen-bond acceptors (Lipinski definition) is 4. The number of ether oxygens (including phenoxy) is 1. The van der Waals surface area contributed by atoms with Crippen molar-refractivity contribution in [1.29, 1.82) is 0 Å². The molecule has 1 aliphatic heterocycles. The van der Waals surface area contributed by atoms with Crippen molar-refractivity contribution in [3.05, 3.63) is 28.8 Å². The molecule has 1 aliphatic rings. The van der Waals surface area contributed by atoms with Crippen LogP contribution in [0.25, 0.3) is 0 Å². The van der Waals surface area contributed by atoms with Gasteiger partial charge in [-0.2, -0.15) is 0 Å². The average Bonchev–Trinajstić information content (AvgIpc) is 2.90. The van der Waals surface area contributed by atoms with Gasteiger partial charge in [0.25, 0.3) is 0 Å². The molecular formula is C14H21ClN2O3S. The fourth-order valence-electron chi connectivity index (χ4n) is 2.62. The van der Waals surface area contributed by atoms with Crippen LogP contribution >= 0.6 is 11.6 Å². The van der Waals surface area contributed by atoms with E-state index in [1.165, 1.54) is 0 Å². The normalized spacial score (nSPS) is 19.9. The summed E-state index contributed by atoms with van der Waals surface area (Å²) in [4.78, 5) is 2.10. The zero-order chi connectivity index (χ0) is 15.5. The fraction of sp³-hybridized carbons (Fsp3) is 0.571. The summed E-state index contributed by atoms with van der Waals surface area (Å²) in [5, 5.41) is 0.290. The van der Waals surface area contributed by atoms with E-state index in [0.29, 0.717) is 31.1 Å². The first-order valence-corrected chi connectivity index (χ1v) is 8.92. The molecule has 2 rings (SSSR count). The first kappa shape index (κ1) is 16.5. The van der Waals surface area contributed by atoms with Crippen molar-refractivity contribution in [1.82, 2.24) is 9.62 Å². The van der Waals surface area contributed by atoms with E-state index >= 15 is 0 Å². The van der Waals surface area contributed by atoms with Crippen LogP contribution in [-0.2, 0) is 16.6 Å². The summed E-state index contributed by atoms with van der Waals surface area (Å²) in [5.41, 5.74) is 0.906. The van der Waals surface area contributed by atoms with Crippen LogP contribution in [0.3, 0.4) is 0 Å². The molecule has 1 heterocycles. The van der Waals surface area contributed by atoms with Crippen LogP contribution in [0.2, 0.25) is 5.02 Å². The Morgan fingerprint density at radius 3 is 2.90 bits per heavy atom. The Balaban J connectivity index is 2.07. The first-order chi connectivity index (χ1) is 9.97. The molecule has 1 fully saturated rings. The Kier molecular flexibility index (Phi) is 5.48. The highest BCUT2D eigenvalue weighted by Gasteiger charge is 2.32. The zero-order valence-electron chi connectivity index (χ0n) is 12.3. The second-order valence-corrected chi connectivity index (χ2v) is 7.56. The van der Waals surface area contributed by atoms with E-state index in [9.17, 15) is 8.42 Å². The highest BCUT2D eigenvalue weighted by Crippen LogP contribution is 2.29. The summed E-state index contributed by atoms with van der Waals surface area (Å²) in [7, 11) is -1.61. The summed E-state index contributed by atoms with van der Waals surface area (Å²) in [5.74, 6) is 0.737. The minimum absolute atomic E-state index is 0.356. The van der Waals surface area contributed by atoms with Gasteiger partial charge in [-0.05, 0) is 25.1 Å². The van der Waals surface area contributed by atoms with Gasteiger partial charge < -0.3 is 4.74 Å². The third-order valence-electron chi connectivity index (χ3n) is 3.69. The van der Waals surface area contributed by atoms with Crippen molar-refractivity contribution in [2.24, 2.45) is 0 Å². The summed E-state index contributed by atoms with van der Waals surface area (Å²) >= 11 is 6.23. The van der Waals surface area contributed by atoms with Crippen molar-refractivity contribution in [2.45, 2.75) is 25.1 Å². The number of hydrogen-bond donors (Lipinski definition) is 1. The molecule has 1 saturated heterocycles. The number of likely N-dealkylation sites (tertiary alicyclic amines) is 1. The molecule has 0 aliphatic carbocycles. The standard InChI is InChI=1S/C14H21ClN2O3S/c1-3-16-21(18,19)11-7-8-17(9-11)10-12-13(15)5-4-6-14(12)20-2/h4-6,11,16H,3,7-10H2,1-2H3/t11-/m0/s1. The van der Waals surface area contributed by atoms with E-state index in [2.05, 4.69) is 9.62 Å². The van der Waals surface area contributed by atoms with E-state index in [1.54, 1.807) is 14.0 Å². The molecule has 5 nitrogen and oxygen atoms in total. The fourth-order valence-corrected chi connectivity index (χ4v) is 4.31. The van der Waals surface area contributed by atoms with E-state index in [1.807, 2.05) is 18.2 Å². The smallest absolute Gasteiger partial charge is 0.215 e. The lowest BCUT2D eigenvalue weighted by Crippen LogP contribution is -2.36. The second-order valence-electron chi connectivity index (χ2n) is 5.11. The summed E-state index contributed by atoms with van der Waals surface area (Å²) < 4.78 is 32.0.